The average Bonchev–Trinajstić information content (AvgIpc) is 2.40. The van der Waals surface area contributed by atoms with Crippen molar-refractivity contribution in [2.45, 2.75) is 18.9 Å². The van der Waals surface area contributed by atoms with Gasteiger partial charge in [0.1, 0.15) is 0 Å². The standard InChI is InChI=1S/C8H16INO/c1-10(5-4-9)7-8-3-2-6-11-8/h8H,2-7H2,1H3/t8-/m1/s1. The highest BCUT2D eigenvalue weighted by molar-refractivity contribution is 14.1. The summed E-state index contributed by atoms with van der Waals surface area (Å²) in [4.78, 5) is 2.35. The van der Waals surface area contributed by atoms with Crippen LogP contribution < -0.4 is 0 Å². The summed E-state index contributed by atoms with van der Waals surface area (Å²) in [5.74, 6) is 0. The van der Waals surface area contributed by atoms with Crippen molar-refractivity contribution in [3.05, 3.63) is 0 Å². The molecule has 1 aliphatic heterocycles. The Bertz CT molecular complexity index is 104. The normalized spacial score (nSPS) is 24.8. The van der Waals surface area contributed by atoms with Crippen LogP contribution >= 0.6 is 22.6 Å². The fraction of sp³-hybridized carbons (Fsp3) is 1.00. The van der Waals surface area contributed by atoms with Crippen LogP contribution in [0.25, 0.3) is 0 Å². The second-order valence-corrected chi connectivity index (χ2v) is 4.17. The van der Waals surface area contributed by atoms with E-state index in [0.717, 1.165) is 13.2 Å². The molecule has 0 aromatic heterocycles. The summed E-state index contributed by atoms with van der Waals surface area (Å²) in [6, 6.07) is 0. The van der Waals surface area contributed by atoms with E-state index in [2.05, 4.69) is 34.5 Å². The fourth-order valence-corrected chi connectivity index (χ4v) is 2.20. The number of rotatable bonds is 4. The van der Waals surface area contributed by atoms with E-state index < -0.39 is 0 Å². The van der Waals surface area contributed by atoms with Crippen molar-refractivity contribution in [3.63, 3.8) is 0 Å². The van der Waals surface area contributed by atoms with Crippen LogP contribution in [-0.4, -0.2) is 42.2 Å². The van der Waals surface area contributed by atoms with Crippen molar-refractivity contribution in [1.29, 1.82) is 0 Å². The van der Waals surface area contributed by atoms with E-state index in [9.17, 15) is 0 Å². The lowest BCUT2D eigenvalue weighted by Gasteiger charge is -2.18. The van der Waals surface area contributed by atoms with Crippen molar-refractivity contribution in [2.24, 2.45) is 0 Å². The summed E-state index contributed by atoms with van der Waals surface area (Å²) in [5, 5.41) is 0. The SMILES string of the molecule is CN(CCI)C[C@H]1CCCO1. The highest BCUT2D eigenvalue weighted by Gasteiger charge is 2.16. The Morgan fingerprint density at radius 1 is 1.64 bits per heavy atom. The molecule has 0 radical (unpaired) electrons. The van der Waals surface area contributed by atoms with E-state index in [-0.39, 0.29) is 0 Å². The predicted molar refractivity (Wildman–Crippen MR) is 55.4 cm³/mol. The molecule has 1 fully saturated rings. The van der Waals surface area contributed by atoms with Crippen molar-refractivity contribution in [1.82, 2.24) is 4.90 Å². The number of likely N-dealkylation sites (N-methyl/N-ethyl adjacent to an activating group) is 1. The van der Waals surface area contributed by atoms with Crippen LogP contribution in [0.4, 0.5) is 0 Å². The van der Waals surface area contributed by atoms with E-state index in [0.29, 0.717) is 6.10 Å². The third-order valence-corrected chi connectivity index (χ3v) is 2.49. The minimum absolute atomic E-state index is 0.517. The van der Waals surface area contributed by atoms with Gasteiger partial charge in [0.05, 0.1) is 6.10 Å². The van der Waals surface area contributed by atoms with Crippen LogP contribution in [0.5, 0.6) is 0 Å². The maximum absolute atomic E-state index is 5.53. The van der Waals surface area contributed by atoms with E-state index in [1.165, 1.54) is 23.8 Å². The number of alkyl halides is 1. The zero-order chi connectivity index (χ0) is 8.10. The third-order valence-electron chi connectivity index (χ3n) is 2.01. The number of nitrogens with zero attached hydrogens (tertiary/aromatic N) is 1. The van der Waals surface area contributed by atoms with Gasteiger partial charge in [-0.05, 0) is 19.9 Å². The van der Waals surface area contributed by atoms with Crippen molar-refractivity contribution >= 4 is 22.6 Å². The first-order valence-electron chi connectivity index (χ1n) is 4.19. The first-order valence-corrected chi connectivity index (χ1v) is 5.71. The van der Waals surface area contributed by atoms with E-state index >= 15 is 0 Å². The van der Waals surface area contributed by atoms with Gasteiger partial charge in [-0.15, -0.1) is 0 Å². The second kappa shape index (κ2) is 5.32. The summed E-state index contributed by atoms with van der Waals surface area (Å²) in [7, 11) is 2.17. The van der Waals surface area contributed by atoms with Gasteiger partial charge in [0.25, 0.3) is 0 Å². The summed E-state index contributed by atoms with van der Waals surface area (Å²) >= 11 is 2.41. The van der Waals surface area contributed by atoms with Crippen LogP contribution in [0.3, 0.4) is 0 Å². The molecule has 0 amide bonds. The predicted octanol–water partition coefficient (Wildman–Crippen LogP) is 1.53. The molecule has 1 rings (SSSR count). The van der Waals surface area contributed by atoms with Gasteiger partial charge in [-0.25, -0.2) is 0 Å². The van der Waals surface area contributed by atoms with Crippen molar-refractivity contribution in [3.8, 4) is 0 Å². The Labute approximate surface area is 82.4 Å². The van der Waals surface area contributed by atoms with Crippen LogP contribution in [0.15, 0.2) is 0 Å². The van der Waals surface area contributed by atoms with E-state index in [1.807, 2.05) is 0 Å². The lowest BCUT2D eigenvalue weighted by molar-refractivity contribution is 0.0832. The Kier molecular flexibility index (Phi) is 4.71. The van der Waals surface area contributed by atoms with Gasteiger partial charge in [-0.1, -0.05) is 22.6 Å². The van der Waals surface area contributed by atoms with E-state index in [1.54, 1.807) is 0 Å². The Hall–Kier alpha value is 0.650. The van der Waals surface area contributed by atoms with Crippen LogP contribution in [0.1, 0.15) is 12.8 Å². The van der Waals surface area contributed by atoms with Gasteiger partial charge in [0, 0.05) is 24.1 Å². The van der Waals surface area contributed by atoms with Crippen molar-refractivity contribution in [2.75, 3.05) is 31.2 Å². The zero-order valence-electron chi connectivity index (χ0n) is 7.05. The highest BCUT2D eigenvalue weighted by Crippen LogP contribution is 2.12. The van der Waals surface area contributed by atoms with Crippen molar-refractivity contribution < 1.29 is 4.74 Å². The second-order valence-electron chi connectivity index (χ2n) is 3.09. The molecule has 0 unspecified atom stereocenters. The van der Waals surface area contributed by atoms with Gasteiger partial charge in [0.2, 0.25) is 0 Å². The van der Waals surface area contributed by atoms with Crippen LogP contribution in [-0.2, 0) is 4.74 Å². The topological polar surface area (TPSA) is 12.5 Å². The zero-order valence-corrected chi connectivity index (χ0v) is 9.21. The molecule has 2 nitrogen and oxygen atoms in total. The average molecular weight is 269 g/mol. The molecule has 0 aliphatic carbocycles. The van der Waals surface area contributed by atoms with Crippen LogP contribution in [0, 0.1) is 0 Å². The largest absolute Gasteiger partial charge is 0.377 e. The minimum atomic E-state index is 0.517. The first kappa shape index (κ1) is 9.74. The molecule has 1 atom stereocenters. The molecular weight excluding hydrogens is 253 g/mol. The molecule has 0 aromatic rings. The van der Waals surface area contributed by atoms with Crippen LogP contribution in [0.2, 0.25) is 0 Å². The number of hydrogen-bond donors (Lipinski definition) is 0. The molecular formula is C8H16INO. The van der Waals surface area contributed by atoms with Gasteiger partial charge in [-0.2, -0.15) is 0 Å². The Balaban J connectivity index is 2.08. The molecule has 1 heterocycles. The monoisotopic (exact) mass is 269 g/mol. The molecule has 0 spiro atoms. The Morgan fingerprint density at radius 2 is 2.45 bits per heavy atom. The lowest BCUT2D eigenvalue weighted by Crippen LogP contribution is -2.30. The molecule has 66 valence electrons. The molecule has 1 aliphatic rings. The van der Waals surface area contributed by atoms with E-state index in [4.69, 9.17) is 4.74 Å². The molecule has 0 N–H and O–H groups in total. The maximum Gasteiger partial charge on any atom is 0.0702 e. The summed E-state index contributed by atoms with van der Waals surface area (Å²) in [6.45, 7) is 3.27. The smallest absolute Gasteiger partial charge is 0.0702 e. The molecule has 3 heteroatoms. The molecule has 0 saturated carbocycles. The highest BCUT2D eigenvalue weighted by atomic mass is 127. The fourth-order valence-electron chi connectivity index (χ4n) is 1.37. The van der Waals surface area contributed by atoms with Gasteiger partial charge < -0.3 is 9.64 Å². The molecule has 1 saturated heterocycles. The van der Waals surface area contributed by atoms with Gasteiger partial charge in [0.15, 0.2) is 0 Å². The molecule has 11 heavy (non-hydrogen) atoms. The minimum Gasteiger partial charge on any atom is -0.377 e. The van der Waals surface area contributed by atoms with Gasteiger partial charge >= 0.3 is 0 Å². The Morgan fingerprint density at radius 3 is 3.00 bits per heavy atom. The number of hydrogen-bond acceptors (Lipinski definition) is 2. The molecule has 0 aromatic carbocycles. The molecule has 0 bridgehead atoms. The summed E-state index contributed by atoms with van der Waals surface area (Å²) < 4.78 is 6.74. The summed E-state index contributed by atoms with van der Waals surface area (Å²) in [5.41, 5.74) is 0. The maximum atomic E-state index is 5.53. The lowest BCUT2D eigenvalue weighted by atomic mass is 10.2. The third kappa shape index (κ3) is 3.71. The first-order chi connectivity index (χ1) is 5.33. The number of halogens is 1. The summed E-state index contributed by atoms with van der Waals surface area (Å²) in [6.07, 6.45) is 3.02. The van der Waals surface area contributed by atoms with Gasteiger partial charge in [-0.3, -0.25) is 0 Å². The quantitative estimate of drug-likeness (QED) is 0.567. The number of ether oxygens (including phenoxy) is 1.